The molecule has 0 amide bonds. The van der Waals surface area contributed by atoms with E-state index in [0.29, 0.717) is 18.1 Å². The molecule has 0 heterocycles. The van der Waals surface area contributed by atoms with Gasteiger partial charge >= 0.3 is 5.97 Å². The number of benzene rings is 2. The minimum absolute atomic E-state index is 0.298. The summed E-state index contributed by atoms with van der Waals surface area (Å²) in [4.78, 5) is 12.1. The van der Waals surface area contributed by atoms with E-state index in [2.05, 4.69) is 39.0 Å². The number of ether oxygens (including phenoxy) is 2. The van der Waals surface area contributed by atoms with Crippen LogP contribution in [0.4, 0.5) is 0 Å². The van der Waals surface area contributed by atoms with Gasteiger partial charge < -0.3 is 9.47 Å². The highest BCUT2D eigenvalue weighted by molar-refractivity contribution is 5.91. The monoisotopic (exact) mass is 324 g/mol. The van der Waals surface area contributed by atoms with E-state index in [1.54, 1.807) is 0 Å². The maximum atomic E-state index is 12.1. The van der Waals surface area contributed by atoms with Crippen molar-refractivity contribution in [3.05, 3.63) is 63.7 Å². The average Bonchev–Trinajstić information content (AvgIpc) is 3.41. The second-order valence-corrected chi connectivity index (χ2v) is 6.63. The van der Waals surface area contributed by atoms with E-state index in [1.165, 1.54) is 36.6 Å². The largest absolute Gasteiger partial charge is 0.489 e. The molecule has 0 aromatic heterocycles. The van der Waals surface area contributed by atoms with Crippen molar-refractivity contribution in [3.63, 3.8) is 0 Å². The molecular weight excluding hydrogens is 300 g/mol. The molecule has 1 saturated carbocycles. The lowest BCUT2D eigenvalue weighted by molar-refractivity contribution is 0.0597. The molecule has 2 aromatic rings. The Balaban J connectivity index is 1.92. The van der Waals surface area contributed by atoms with Crippen LogP contribution >= 0.6 is 0 Å². The Labute approximate surface area is 143 Å². The van der Waals surface area contributed by atoms with Crippen LogP contribution in [0, 0.1) is 20.8 Å². The maximum Gasteiger partial charge on any atom is 0.338 e. The maximum absolute atomic E-state index is 12.1. The molecule has 3 rings (SSSR count). The lowest BCUT2D eigenvalue weighted by Crippen LogP contribution is -2.11. The third-order valence-electron chi connectivity index (χ3n) is 4.80. The van der Waals surface area contributed by atoms with Crippen LogP contribution in [0.5, 0.6) is 5.75 Å². The second kappa shape index (κ2) is 6.68. The number of carbonyl (C=O) groups excluding carboxylic acids is 1. The minimum Gasteiger partial charge on any atom is -0.489 e. The Morgan fingerprint density at radius 3 is 2.46 bits per heavy atom. The van der Waals surface area contributed by atoms with Crippen molar-refractivity contribution in [1.82, 2.24) is 0 Å². The molecule has 0 atom stereocenters. The van der Waals surface area contributed by atoms with Gasteiger partial charge in [0.2, 0.25) is 0 Å². The summed E-state index contributed by atoms with van der Waals surface area (Å²) in [5.41, 5.74) is 6.38. The molecule has 0 radical (unpaired) electrons. The summed E-state index contributed by atoms with van der Waals surface area (Å²) >= 11 is 0. The van der Waals surface area contributed by atoms with Gasteiger partial charge in [0.05, 0.1) is 12.7 Å². The fourth-order valence-electron chi connectivity index (χ4n) is 3.08. The van der Waals surface area contributed by atoms with Crippen LogP contribution < -0.4 is 4.74 Å². The summed E-state index contributed by atoms with van der Waals surface area (Å²) in [6.07, 6.45) is 2.36. The molecule has 3 nitrogen and oxygen atoms in total. The van der Waals surface area contributed by atoms with Gasteiger partial charge in [-0.2, -0.15) is 0 Å². The smallest absolute Gasteiger partial charge is 0.338 e. The zero-order valence-electron chi connectivity index (χ0n) is 14.8. The number of hydrogen-bond acceptors (Lipinski definition) is 3. The summed E-state index contributed by atoms with van der Waals surface area (Å²) in [7, 11) is 1.42. The highest BCUT2D eigenvalue weighted by Crippen LogP contribution is 2.42. The first-order valence-corrected chi connectivity index (χ1v) is 8.42. The Morgan fingerprint density at radius 2 is 1.79 bits per heavy atom. The summed E-state index contributed by atoms with van der Waals surface area (Å²) in [6.45, 7) is 6.62. The average molecular weight is 324 g/mol. The van der Waals surface area contributed by atoms with Gasteiger partial charge in [-0.15, -0.1) is 0 Å². The first-order chi connectivity index (χ1) is 11.5. The van der Waals surface area contributed by atoms with E-state index >= 15 is 0 Å². The van der Waals surface area contributed by atoms with E-state index in [9.17, 15) is 4.79 Å². The Hall–Kier alpha value is -2.29. The fourth-order valence-corrected chi connectivity index (χ4v) is 3.08. The van der Waals surface area contributed by atoms with E-state index in [0.717, 1.165) is 16.9 Å². The van der Waals surface area contributed by atoms with Crippen molar-refractivity contribution in [2.24, 2.45) is 0 Å². The third-order valence-corrected chi connectivity index (χ3v) is 4.80. The summed E-state index contributed by atoms with van der Waals surface area (Å²) in [6, 6.07) is 10.1. The summed E-state index contributed by atoms with van der Waals surface area (Å²) in [5.74, 6) is 1.13. The van der Waals surface area contributed by atoms with Gasteiger partial charge in [-0.3, -0.25) is 0 Å². The van der Waals surface area contributed by atoms with Crippen molar-refractivity contribution < 1.29 is 14.3 Å². The van der Waals surface area contributed by atoms with Gasteiger partial charge in [0.1, 0.15) is 12.4 Å². The quantitative estimate of drug-likeness (QED) is 0.737. The number of esters is 1. The van der Waals surface area contributed by atoms with Crippen LogP contribution in [0.25, 0.3) is 0 Å². The summed E-state index contributed by atoms with van der Waals surface area (Å²) < 4.78 is 11.1. The predicted molar refractivity (Wildman–Crippen MR) is 94.7 cm³/mol. The lowest BCUT2D eigenvalue weighted by Gasteiger charge is -2.16. The molecule has 3 heteroatoms. The molecule has 24 heavy (non-hydrogen) atoms. The van der Waals surface area contributed by atoms with Crippen molar-refractivity contribution in [2.45, 2.75) is 46.1 Å². The van der Waals surface area contributed by atoms with Crippen LogP contribution in [0.2, 0.25) is 0 Å². The van der Waals surface area contributed by atoms with Crippen molar-refractivity contribution in [2.75, 3.05) is 7.11 Å². The molecule has 0 bridgehead atoms. The molecular formula is C21H24O3. The van der Waals surface area contributed by atoms with E-state index in [4.69, 9.17) is 9.47 Å². The Bertz CT molecular complexity index is 773. The molecule has 0 saturated heterocycles. The standard InChI is InChI=1S/C21H24O3/c1-13-10-15(3)20(11-14(13)2)24-12-19-17(16-8-9-16)6-5-7-18(19)21(22)23-4/h5-7,10-11,16H,8-9,12H2,1-4H3. The molecule has 2 aromatic carbocycles. The van der Waals surface area contributed by atoms with Crippen molar-refractivity contribution in [1.29, 1.82) is 0 Å². The molecule has 0 spiro atoms. The predicted octanol–water partition coefficient (Wildman–Crippen LogP) is 4.85. The van der Waals surface area contributed by atoms with Crippen LogP contribution in [-0.4, -0.2) is 13.1 Å². The van der Waals surface area contributed by atoms with Crippen LogP contribution in [0.15, 0.2) is 30.3 Å². The number of carbonyl (C=O) groups is 1. The van der Waals surface area contributed by atoms with Gasteiger partial charge in [0.15, 0.2) is 0 Å². The van der Waals surface area contributed by atoms with Crippen molar-refractivity contribution >= 4 is 5.97 Å². The SMILES string of the molecule is COC(=O)c1cccc(C2CC2)c1COc1cc(C)c(C)cc1C. The lowest BCUT2D eigenvalue weighted by atomic mass is 9.98. The molecule has 1 aliphatic rings. The topological polar surface area (TPSA) is 35.5 Å². The van der Waals surface area contributed by atoms with E-state index < -0.39 is 0 Å². The first-order valence-electron chi connectivity index (χ1n) is 8.42. The highest BCUT2D eigenvalue weighted by atomic mass is 16.5. The number of methoxy groups -OCH3 is 1. The highest BCUT2D eigenvalue weighted by Gasteiger charge is 2.28. The molecule has 1 fully saturated rings. The number of hydrogen-bond donors (Lipinski definition) is 0. The van der Waals surface area contributed by atoms with E-state index in [-0.39, 0.29) is 5.97 Å². The van der Waals surface area contributed by atoms with Gasteiger partial charge in [0, 0.05) is 5.56 Å². The van der Waals surface area contributed by atoms with Gasteiger partial charge in [-0.1, -0.05) is 18.2 Å². The molecule has 1 aliphatic carbocycles. The van der Waals surface area contributed by atoms with Crippen LogP contribution in [0.1, 0.15) is 56.9 Å². The normalized spacial score (nSPS) is 13.7. The zero-order valence-corrected chi connectivity index (χ0v) is 14.8. The third kappa shape index (κ3) is 3.30. The minimum atomic E-state index is -0.298. The number of rotatable bonds is 5. The molecule has 126 valence electrons. The second-order valence-electron chi connectivity index (χ2n) is 6.63. The Kier molecular flexibility index (Phi) is 4.61. The molecule has 0 aliphatic heterocycles. The van der Waals surface area contributed by atoms with Crippen LogP contribution in [-0.2, 0) is 11.3 Å². The summed E-state index contributed by atoms with van der Waals surface area (Å²) in [5, 5.41) is 0. The van der Waals surface area contributed by atoms with Crippen molar-refractivity contribution in [3.8, 4) is 5.75 Å². The molecule has 0 N–H and O–H groups in total. The molecule has 0 unspecified atom stereocenters. The fraction of sp³-hybridized carbons (Fsp3) is 0.381. The van der Waals surface area contributed by atoms with Crippen LogP contribution in [0.3, 0.4) is 0 Å². The Morgan fingerprint density at radius 1 is 1.08 bits per heavy atom. The number of aryl methyl sites for hydroxylation is 3. The van der Waals surface area contributed by atoms with Gasteiger partial charge in [-0.05, 0) is 73.9 Å². The first kappa shape index (κ1) is 16.6. The zero-order chi connectivity index (χ0) is 17.3. The van der Waals surface area contributed by atoms with Gasteiger partial charge in [-0.25, -0.2) is 4.79 Å². The van der Waals surface area contributed by atoms with E-state index in [1.807, 2.05) is 12.1 Å². The van der Waals surface area contributed by atoms with Gasteiger partial charge in [0.25, 0.3) is 0 Å².